The number of thiophene rings is 1. The van der Waals surface area contributed by atoms with Crippen LogP contribution >= 0.6 is 11.3 Å². The zero-order valence-electron chi connectivity index (χ0n) is 14.8. The van der Waals surface area contributed by atoms with Crippen LogP contribution in [0.3, 0.4) is 0 Å². The lowest BCUT2D eigenvalue weighted by molar-refractivity contribution is -0.121. The Morgan fingerprint density at radius 2 is 1.48 bits per heavy atom. The van der Waals surface area contributed by atoms with Gasteiger partial charge < -0.3 is 5.32 Å². The van der Waals surface area contributed by atoms with Crippen molar-refractivity contribution in [3.63, 3.8) is 0 Å². The summed E-state index contributed by atoms with van der Waals surface area (Å²) >= 11 is 1.11. The predicted molar refractivity (Wildman–Crippen MR) is 107 cm³/mol. The predicted octanol–water partition coefficient (Wildman–Crippen LogP) is 3.11. The van der Waals surface area contributed by atoms with Gasteiger partial charge in [-0.1, -0.05) is 66.7 Å². The van der Waals surface area contributed by atoms with Crippen LogP contribution in [0.2, 0.25) is 0 Å². The molecule has 0 bridgehead atoms. The van der Waals surface area contributed by atoms with Gasteiger partial charge in [0.1, 0.15) is 4.21 Å². The van der Waals surface area contributed by atoms with Crippen molar-refractivity contribution in [2.24, 2.45) is 0 Å². The van der Waals surface area contributed by atoms with E-state index in [4.69, 9.17) is 0 Å². The molecule has 7 heteroatoms. The molecule has 0 fully saturated rings. The summed E-state index contributed by atoms with van der Waals surface area (Å²) in [7, 11) is -3.69. The van der Waals surface area contributed by atoms with Crippen molar-refractivity contribution in [1.82, 2.24) is 10.0 Å². The second kappa shape index (κ2) is 8.04. The molecule has 3 rings (SSSR count). The number of benzene rings is 2. The summed E-state index contributed by atoms with van der Waals surface area (Å²) in [4.78, 5) is 12.6. The maximum absolute atomic E-state index is 12.6. The summed E-state index contributed by atoms with van der Waals surface area (Å²) in [6.45, 7) is 1.57. The molecule has 0 saturated carbocycles. The van der Waals surface area contributed by atoms with Gasteiger partial charge in [0.2, 0.25) is 5.91 Å². The van der Waals surface area contributed by atoms with Gasteiger partial charge in [-0.25, -0.2) is 13.1 Å². The summed E-state index contributed by atoms with van der Waals surface area (Å²) < 4.78 is 27.0. The Kier molecular flexibility index (Phi) is 5.74. The summed E-state index contributed by atoms with van der Waals surface area (Å²) in [6, 6.07) is 22.3. The van der Waals surface area contributed by atoms with E-state index < -0.39 is 21.5 Å². The Balaban J connectivity index is 1.80. The first-order valence-electron chi connectivity index (χ1n) is 8.37. The molecule has 5 nitrogen and oxygen atoms in total. The third-order valence-corrected chi connectivity index (χ3v) is 7.07. The lowest BCUT2D eigenvalue weighted by atomic mass is 9.84. The second-order valence-electron chi connectivity index (χ2n) is 6.16. The molecule has 2 N–H and O–H groups in total. The fraction of sp³-hybridized carbons (Fsp3) is 0.150. The van der Waals surface area contributed by atoms with E-state index in [-0.39, 0.29) is 10.8 Å². The molecule has 0 aliphatic heterocycles. The Bertz CT molecular complexity index is 947. The average Bonchev–Trinajstić information content (AvgIpc) is 3.24. The number of sulfonamides is 1. The standard InChI is InChI=1S/C20H20N2O3S2/c1-20(16-9-4-2-5-10-16,17-11-6-3-7-12-17)22-18(23)15-21-27(24,25)19-13-8-14-26-19/h2-14,21H,15H2,1H3,(H,22,23). The molecule has 1 aromatic heterocycles. The van der Waals surface area contributed by atoms with Gasteiger partial charge in [-0.2, -0.15) is 0 Å². The quantitative estimate of drug-likeness (QED) is 0.640. The Labute approximate surface area is 163 Å². The van der Waals surface area contributed by atoms with Crippen molar-refractivity contribution in [3.05, 3.63) is 89.3 Å². The van der Waals surface area contributed by atoms with Crippen LogP contribution in [0, 0.1) is 0 Å². The Hall–Kier alpha value is -2.48. The molecular weight excluding hydrogens is 380 g/mol. The first-order valence-corrected chi connectivity index (χ1v) is 10.7. The van der Waals surface area contributed by atoms with Crippen LogP contribution in [0.5, 0.6) is 0 Å². The van der Waals surface area contributed by atoms with Crippen LogP contribution in [0.1, 0.15) is 18.1 Å². The minimum atomic E-state index is -3.69. The van der Waals surface area contributed by atoms with Gasteiger partial charge in [0.05, 0.1) is 12.1 Å². The molecule has 0 saturated heterocycles. The number of hydrogen-bond acceptors (Lipinski definition) is 4. The highest BCUT2D eigenvalue weighted by Gasteiger charge is 2.30. The molecule has 2 aromatic carbocycles. The van der Waals surface area contributed by atoms with Gasteiger partial charge in [-0.3, -0.25) is 4.79 Å². The van der Waals surface area contributed by atoms with Crippen LogP contribution in [0.4, 0.5) is 0 Å². The van der Waals surface area contributed by atoms with Crippen LogP contribution in [0.15, 0.2) is 82.4 Å². The molecule has 3 aromatic rings. The topological polar surface area (TPSA) is 75.3 Å². The van der Waals surface area contributed by atoms with Gasteiger partial charge in [0.15, 0.2) is 0 Å². The minimum Gasteiger partial charge on any atom is -0.342 e. The summed E-state index contributed by atoms with van der Waals surface area (Å²) in [5.41, 5.74) is 1.03. The molecule has 0 spiro atoms. The van der Waals surface area contributed by atoms with Gasteiger partial charge >= 0.3 is 0 Å². The van der Waals surface area contributed by atoms with Gasteiger partial charge in [-0.15, -0.1) is 11.3 Å². The number of hydrogen-bond donors (Lipinski definition) is 2. The van der Waals surface area contributed by atoms with Crippen LogP contribution in [-0.2, 0) is 20.4 Å². The molecule has 1 heterocycles. The van der Waals surface area contributed by atoms with E-state index in [1.165, 1.54) is 6.07 Å². The molecule has 0 unspecified atom stereocenters. The third kappa shape index (κ3) is 4.44. The average molecular weight is 401 g/mol. The van der Waals surface area contributed by atoms with E-state index in [1.54, 1.807) is 11.4 Å². The fourth-order valence-corrected chi connectivity index (χ4v) is 4.84. The minimum absolute atomic E-state index is 0.184. The molecular formula is C20H20N2O3S2. The number of amides is 1. The maximum atomic E-state index is 12.6. The molecule has 0 radical (unpaired) electrons. The molecule has 0 aliphatic rings. The first kappa shape index (κ1) is 19.3. The fourth-order valence-electron chi connectivity index (χ4n) is 2.83. The number of rotatable bonds is 7. The highest BCUT2D eigenvalue weighted by molar-refractivity contribution is 7.91. The van der Waals surface area contributed by atoms with Crippen molar-refractivity contribution in [2.75, 3.05) is 6.54 Å². The summed E-state index contributed by atoms with van der Waals surface area (Å²) in [5.74, 6) is -0.412. The molecule has 0 aliphatic carbocycles. The van der Waals surface area contributed by atoms with E-state index in [2.05, 4.69) is 10.0 Å². The maximum Gasteiger partial charge on any atom is 0.250 e. The Morgan fingerprint density at radius 1 is 0.926 bits per heavy atom. The second-order valence-corrected chi connectivity index (χ2v) is 9.10. The van der Waals surface area contributed by atoms with Crippen LogP contribution < -0.4 is 10.0 Å². The third-order valence-electron chi connectivity index (χ3n) is 4.27. The van der Waals surface area contributed by atoms with Crippen LogP contribution in [0.25, 0.3) is 0 Å². The monoisotopic (exact) mass is 400 g/mol. The van der Waals surface area contributed by atoms with Crippen molar-refractivity contribution in [1.29, 1.82) is 0 Å². The van der Waals surface area contributed by atoms with Crippen molar-refractivity contribution >= 4 is 27.3 Å². The van der Waals surface area contributed by atoms with Crippen LogP contribution in [-0.4, -0.2) is 20.9 Å². The van der Waals surface area contributed by atoms with E-state index in [9.17, 15) is 13.2 Å². The Morgan fingerprint density at radius 3 is 1.96 bits per heavy atom. The zero-order chi connectivity index (χ0) is 19.3. The highest BCUT2D eigenvalue weighted by Crippen LogP contribution is 2.29. The van der Waals surface area contributed by atoms with E-state index >= 15 is 0 Å². The first-order chi connectivity index (χ1) is 12.9. The summed E-state index contributed by atoms with van der Waals surface area (Å²) in [5, 5.41) is 4.66. The van der Waals surface area contributed by atoms with E-state index in [0.717, 1.165) is 22.5 Å². The number of nitrogens with one attached hydrogen (secondary N) is 2. The smallest absolute Gasteiger partial charge is 0.250 e. The molecule has 27 heavy (non-hydrogen) atoms. The molecule has 0 atom stereocenters. The van der Waals surface area contributed by atoms with Crippen molar-refractivity contribution in [3.8, 4) is 0 Å². The van der Waals surface area contributed by atoms with Crippen molar-refractivity contribution < 1.29 is 13.2 Å². The van der Waals surface area contributed by atoms with Gasteiger partial charge in [-0.05, 0) is 29.5 Å². The van der Waals surface area contributed by atoms with Crippen molar-refractivity contribution in [2.45, 2.75) is 16.7 Å². The lowest BCUT2D eigenvalue weighted by Gasteiger charge is -2.32. The van der Waals surface area contributed by atoms with E-state index in [0.29, 0.717) is 0 Å². The largest absolute Gasteiger partial charge is 0.342 e. The molecule has 1 amide bonds. The summed E-state index contributed by atoms with van der Waals surface area (Å²) in [6.07, 6.45) is 0. The van der Waals surface area contributed by atoms with Gasteiger partial charge in [0, 0.05) is 0 Å². The normalized spacial score (nSPS) is 11.9. The number of carbonyl (C=O) groups is 1. The van der Waals surface area contributed by atoms with Gasteiger partial charge in [0.25, 0.3) is 10.0 Å². The lowest BCUT2D eigenvalue weighted by Crippen LogP contribution is -2.48. The SMILES string of the molecule is CC(NC(=O)CNS(=O)(=O)c1cccs1)(c1ccccc1)c1ccccc1. The van der Waals surface area contributed by atoms with E-state index in [1.807, 2.05) is 67.6 Å². The zero-order valence-corrected chi connectivity index (χ0v) is 16.4. The highest BCUT2D eigenvalue weighted by atomic mass is 32.2. The number of carbonyl (C=O) groups excluding carboxylic acids is 1. The molecule has 140 valence electrons.